The minimum absolute atomic E-state index is 0.0228. The number of carbonyl (C=O) groups is 2. The molecular weight excluding hydrogens is 504 g/mol. The lowest BCUT2D eigenvalue weighted by atomic mass is 10.2. The van der Waals surface area contributed by atoms with Gasteiger partial charge in [-0.05, 0) is 63.6 Å². The summed E-state index contributed by atoms with van der Waals surface area (Å²) in [7, 11) is -2.25. The fraction of sp³-hybridized carbons (Fsp3) is 0.375. The van der Waals surface area contributed by atoms with Gasteiger partial charge in [0.2, 0.25) is 15.9 Å². The van der Waals surface area contributed by atoms with Gasteiger partial charge in [-0.2, -0.15) is 0 Å². The van der Waals surface area contributed by atoms with Crippen molar-refractivity contribution in [2.75, 3.05) is 19.0 Å². The third-order valence-electron chi connectivity index (χ3n) is 4.73. The molecule has 0 bridgehead atoms. The van der Waals surface area contributed by atoms with Crippen molar-refractivity contribution in [2.24, 2.45) is 0 Å². The van der Waals surface area contributed by atoms with Crippen molar-refractivity contribution >= 4 is 49.3 Å². The summed E-state index contributed by atoms with van der Waals surface area (Å²) in [6.07, 6.45) is 0.00500. The molecule has 0 saturated heterocycles. The number of hydrogen-bond donors (Lipinski definition) is 3. The number of alkyl carbamates (subject to hydrolysis) is 1. The van der Waals surface area contributed by atoms with Gasteiger partial charge in [-0.1, -0.05) is 6.07 Å². The minimum atomic E-state index is -3.83. The average Bonchev–Trinajstić information content (AvgIpc) is 3.22. The molecule has 3 rings (SSSR count). The minimum Gasteiger partial charge on any atom is -0.497 e. The van der Waals surface area contributed by atoms with Crippen LogP contribution < -0.4 is 20.1 Å². The van der Waals surface area contributed by atoms with Gasteiger partial charge < -0.3 is 20.1 Å². The van der Waals surface area contributed by atoms with Crippen LogP contribution in [0.3, 0.4) is 0 Å². The first kappa shape index (κ1) is 27.4. The van der Waals surface area contributed by atoms with E-state index in [-0.39, 0.29) is 30.3 Å². The van der Waals surface area contributed by atoms with Gasteiger partial charge >= 0.3 is 6.09 Å². The second-order valence-corrected chi connectivity index (χ2v) is 11.8. The molecule has 0 aliphatic carbocycles. The molecule has 2 amide bonds. The number of ether oxygens (including phenoxy) is 2. The average molecular weight is 535 g/mol. The zero-order chi connectivity index (χ0) is 26.3. The molecule has 36 heavy (non-hydrogen) atoms. The first-order valence-electron chi connectivity index (χ1n) is 11.2. The SMILES string of the molecule is COc1ccc2nc(CNS(=O)(=O)c3cccc(NC(=O)CCCNC(=O)OC(C)(C)C)c3)sc2c1. The smallest absolute Gasteiger partial charge is 0.407 e. The van der Waals surface area contributed by atoms with E-state index < -0.39 is 21.7 Å². The van der Waals surface area contributed by atoms with E-state index in [1.807, 2.05) is 12.1 Å². The zero-order valence-corrected chi connectivity index (χ0v) is 22.2. The van der Waals surface area contributed by atoms with Crippen LogP contribution in [-0.2, 0) is 26.1 Å². The summed E-state index contributed by atoms with van der Waals surface area (Å²) in [5.41, 5.74) is 0.528. The van der Waals surface area contributed by atoms with Crippen molar-refractivity contribution in [1.29, 1.82) is 0 Å². The number of nitrogens with zero attached hydrogens (tertiary/aromatic N) is 1. The van der Waals surface area contributed by atoms with Crippen molar-refractivity contribution in [3.63, 3.8) is 0 Å². The summed E-state index contributed by atoms with van der Waals surface area (Å²) in [5.74, 6) is 0.407. The highest BCUT2D eigenvalue weighted by atomic mass is 32.2. The van der Waals surface area contributed by atoms with Crippen LogP contribution in [0.25, 0.3) is 10.2 Å². The highest BCUT2D eigenvalue weighted by Crippen LogP contribution is 2.26. The predicted octanol–water partition coefficient (Wildman–Crippen LogP) is 4.03. The lowest BCUT2D eigenvalue weighted by Crippen LogP contribution is -2.33. The number of hydrogen-bond acceptors (Lipinski definition) is 8. The summed E-state index contributed by atoms with van der Waals surface area (Å²) >= 11 is 1.38. The maximum Gasteiger partial charge on any atom is 0.407 e. The normalized spacial score (nSPS) is 11.8. The van der Waals surface area contributed by atoms with Crippen LogP contribution in [-0.4, -0.2) is 44.7 Å². The fourth-order valence-electron chi connectivity index (χ4n) is 3.11. The molecule has 1 heterocycles. The molecule has 0 fully saturated rings. The molecule has 3 aromatic rings. The van der Waals surface area contributed by atoms with E-state index in [0.29, 0.717) is 22.9 Å². The van der Waals surface area contributed by atoms with Crippen molar-refractivity contribution in [3.8, 4) is 5.75 Å². The van der Waals surface area contributed by atoms with Crippen LogP contribution in [0.5, 0.6) is 5.75 Å². The van der Waals surface area contributed by atoms with E-state index >= 15 is 0 Å². The summed E-state index contributed by atoms with van der Waals surface area (Å²) in [6, 6.07) is 11.5. The van der Waals surface area contributed by atoms with E-state index in [4.69, 9.17) is 9.47 Å². The third kappa shape index (κ3) is 8.18. The van der Waals surface area contributed by atoms with Crippen LogP contribution >= 0.6 is 11.3 Å². The number of benzene rings is 2. The number of aromatic nitrogens is 1. The molecule has 0 aliphatic rings. The molecule has 0 radical (unpaired) electrons. The molecule has 2 aromatic carbocycles. The molecular formula is C24H30N4O6S2. The number of nitrogens with one attached hydrogen (secondary N) is 3. The highest BCUT2D eigenvalue weighted by molar-refractivity contribution is 7.89. The van der Waals surface area contributed by atoms with Gasteiger partial charge in [-0.15, -0.1) is 11.3 Å². The number of carbonyl (C=O) groups excluding carboxylic acids is 2. The third-order valence-corrected chi connectivity index (χ3v) is 7.15. The summed E-state index contributed by atoms with van der Waals surface area (Å²) < 4.78 is 39.4. The van der Waals surface area contributed by atoms with Gasteiger partial charge in [0.25, 0.3) is 0 Å². The number of rotatable bonds is 10. The van der Waals surface area contributed by atoms with Crippen LogP contribution in [0.4, 0.5) is 10.5 Å². The molecule has 12 heteroatoms. The Bertz CT molecular complexity index is 1330. The first-order chi connectivity index (χ1) is 16.9. The second-order valence-electron chi connectivity index (χ2n) is 8.87. The van der Waals surface area contributed by atoms with E-state index in [2.05, 4.69) is 20.3 Å². The van der Waals surface area contributed by atoms with E-state index in [9.17, 15) is 18.0 Å². The number of thiazole rings is 1. The fourth-order valence-corrected chi connectivity index (χ4v) is 5.17. The molecule has 10 nitrogen and oxygen atoms in total. The second kappa shape index (κ2) is 11.7. The van der Waals surface area contributed by atoms with Gasteiger partial charge in [0.1, 0.15) is 16.4 Å². The molecule has 194 valence electrons. The zero-order valence-electron chi connectivity index (χ0n) is 20.6. The molecule has 0 spiro atoms. The van der Waals surface area contributed by atoms with Crippen LogP contribution in [0, 0.1) is 0 Å². The van der Waals surface area contributed by atoms with Crippen LogP contribution in [0.2, 0.25) is 0 Å². The molecule has 0 saturated carbocycles. The van der Waals surface area contributed by atoms with Gasteiger partial charge in [0.15, 0.2) is 0 Å². The Morgan fingerprint density at radius 2 is 1.89 bits per heavy atom. The number of fused-ring (bicyclic) bond motifs is 1. The first-order valence-corrected chi connectivity index (χ1v) is 13.5. The van der Waals surface area contributed by atoms with Crippen molar-refractivity contribution < 1.29 is 27.5 Å². The quantitative estimate of drug-likeness (QED) is 0.334. The number of methoxy groups -OCH3 is 1. The topological polar surface area (TPSA) is 136 Å². The number of sulfonamides is 1. The maximum absolute atomic E-state index is 12.8. The summed E-state index contributed by atoms with van der Waals surface area (Å²) in [4.78, 5) is 28.4. The largest absolute Gasteiger partial charge is 0.497 e. The summed E-state index contributed by atoms with van der Waals surface area (Å²) in [5, 5.41) is 5.89. The molecule has 1 aromatic heterocycles. The van der Waals surface area contributed by atoms with Crippen LogP contribution in [0.15, 0.2) is 47.4 Å². The summed E-state index contributed by atoms with van der Waals surface area (Å²) in [6.45, 7) is 5.61. The number of anilines is 1. The Hall–Kier alpha value is -3.22. The van der Waals surface area contributed by atoms with Crippen molar-refractivity contribution in [1.82, 2.24) is 15.0 Å². The van der Waals surface area contributed by atoms with E-state index in [1.54, 1.807) is 46.1 Å². The van der Waals surface area contributed by atoms with Gasteiger partial charge in [0, 0.05) is 18.7 Å². The lowest BCUT2D eigenvalue weighted by molar-refractivity contribution is -0.116. The predicted molar refractivity (Wildman–Crippen MR) is 139 cm³/mol. The Morgan fingerprint density at radius 1 is 1.11 bits per heavy atom. The molecule has 0 aliphatic heterocycles. The number of amides is 2. The van der Waals surface area contributed by atoms with Crippen LogP contribution in [0.1, 0.15) is 38.6 Å². The maximum atomic E-state index is 12.8. The Balaban J connectivity index is 1.52. The van der Waals surface area contributed by atoms with Gasteiger partial charge in [0.05, 0.1) is 28.8 Å². The Kier molecular flexibility index (Phi) is 8.88. The molecule has 0 unspecified atom stereocenters. The monoisotopic (exact) mass is 534 g/mol. The van der Waals surface area contributed by atoms with E-state index in [0.717, 1.165) is 10.2 Å². The lowest BCUT2D eigenvalue weighted by Gasteiger charge is -2.19. The molecule has 0 atom stereocenters. The van der Waals surface area contributed by atoms with E-state index in [1.165, 1.54) is 23.5 Å². The Labute approximate surface area is 214 Å². The Morgan fingerprint density at radius 3 is 2.61 bits per heavy atom. The molecule has 3 N–H and O–H groups in total. The van der Waals surface area contributed by atoms with Crippen molar-refractivity contribution in [3.05, 3.63) is 47.5 Å². The van der Waals surface area contributed by atoms with Gasteiger partial charge in [-0.3, -0.25) is 4.79 Å². The van der Waals surface area contributed by atoms with Gasteiger partial charge in [-0.25, -0.2) is 22.9 Å². The standard InChI is InChI=1S/C24H30N4O6S2/c1-24(2,3)34-23(30)25-12-6-9-21(29)27-16-7-5-8-18(13-16)36(31,32)26-15-22-28-19-11-10-17(33-4)14-20(19)35-22/h5,7-8,10-11,13-14,26H,6,9,12,15H2,1-4H3,(H,25,30)(H,27,29). The highest BCUT2D eigenvalue weighted by Gasteiger charge is 2.17. The van der Waals surface area contributed by atoms with Crippen molar-refractivity contribution in [2.45, 2.75) is 50.7 Å².